The quantitative estimate of drug-likeness (QED) is 0.342. The molecule has 0 radical (unpaired) electrons. The molecular weight excluding hydrogens is 366 g/mol. The zero-order valence-corrected chi connectivity index (χ0v) is 17.2. The monoisotopic (exact) mass is 387 g/mol. The Morgan fingerprint density at radius 1 is 0.960 bits per heavy atom. The number of nitrogens with zero attached hydrogens (tertiary/aromatic N) is 1. The Hall–Kier alpha value is -1.59. The summed E-state index contributed by atoms with van der Waals surface area (Å²) in [6.45, 7) is 6.58. The highest BCUT2D eigenvalue weighted by atomic mass is 35.5. The van der Waals surface area contributed by atoms with E-state index in [1.807, 2.05) is 41.5 Å². The van der Waals surface area contributed by atoms with Gasteiger partial charge in [0.1, 0.15) is 6.04 Å². The van der Waals surface area contributed by atoms with Gasteiger partial charge in [-0.3, -0.25) is 5.06 Å². The van der Waals surface area contributed by atoms with Crippen LogP contribution in [0.1, 0.15) is 17.2 Å². The third-order valence-corrected chi connectivity index (χ3v) is 5.47. The number of hydrogen-bond donors (Lipinski definition) is 0. The van der Waals surface area contributed by atoms with Crippen molar-refractivity contribution in [2.45, 2.75) is 25.7 Å². The van der Waals surface area contributed by atoms with E-state index >= 15 is 0 Å². The summed E-state index contributed by atoms with van der Waals surface area (Å²) in [5.41, 5.74) is 3.26. The Kier molecular flexibility index (Phi) is 5.64. The van der Waals surface area contributed by atoms with E-state index in [1.165, 1.54) is 5.56 Å². The zero-order chi connectivity index (χ0) is 17.9. The van der Waals surface area contributed by atoms with Crippen LogP contribution in [0, 0.1) is 0 Å². The predicted octanol–water partition coefficient (Wildman–Crippen LogP) is 6.76. The smallest absolute Gasteiger partial charge is 0.220 e. The van der Waals surface area contributed by atoms with Gasteiger partial charge in [0.2, 0.25) is 8.32 Å². The highest BCUT2D eigenvalue weighted by Gasteiger charge is 2.30. The standard InChI is InChI=1S/C20H22ClNOSSi/c1-25(2,3)23-22(17-9-5-4-6-10-17)20(16-13-14-24-15-16)18-11-7-8-12-19(18)21/h4-15,20H,1-3H3. The zero-order valence-electron chi connectivity index (χ0n) is 14.6. The molecule has 0 saturated carbocycles. The Morgan fingerprint density at radius 3 is 2.24 bits per heavy atom. The largest absolute Gasteiger partial charge is 0.319 e. The molecule has 2 aromatic carbocycles. The van der Waals surface area contributed by atoms with E-state index in [-0.39, 0.29) is 6.04 Å². The lowest BCUT2D eigenvalue weighted by molar-refractivity contribution is 0.249. The SMILES string of the molecule is C[Si](C)(C)ON(c1ccccc1)C(c1ccsc1)c1ccccc1Cl. The van der Waals surface area contributed by atoms with E-state index < -0.39 is 8.32 Å². The van der Waals surface area contributed by atoms with Gasteiger partial charge in [0.15, 0.2) is 0 Å². The molecule has 0 N–H and O–H groups in total. The van der Waals surface area contributed by atoms with Crippen molar-refractivity contribution in [2.75, 3.05) is 5.06 Å². The van der Waals surface area contributed by atoms with Gasteiger partial charge in [0.05, 0.1) is 5.69 Å². The molecule has 0 saturated heterocycles. The minimum absolute atomic E-state index is 0.0888. The van der Waals surface area contributed by atoms with Crippen molar-refractivity contribution in [3.05, 3.63) is 87.6 Å². The molecule has 2 nitrogen and oxygen atoms in total. The number of hydrogen-bond acceptors (Lipinski definition) is 3. The van der Waals surface area contributed by atoms with Crippen LogP contribution in [0.3, 0.4) is 0 Å². The summed E-state index contributed by atoms with van der Waals surface area (Å²) in [5, 5.41) is 7.04. The van der Waals surface area contributed by atoms with Gasteiger partial charge in [-0.15, -0.1) is 0 Å². The van der Waals surface area contributed by atoms with Crippen LogP contribution in [0.25, 0.3) is 0 Å². The minimum Gasteiger partial charge on any atom is -0.319 e. The maximum absolute atomic E-state index is 6.57. The minimum atomic E-state index is -1.84. The Morgan fingerprint density at radius 2 is 1.64 bits per heavy atom. The van der Waals surface area contributed by atoms with Crippen LogP contribution in [-0.4, -0.2) is 8.32 Å². The van der Waals surface area contributed by atoms with E-state index in [2.05, 4.69) is 54.7 Å². The summed E-state index contributed by atoms with van der Waals surface area (Å²) in [6, 6.07) is 20.3. The molecule has 1 heterocycles. The first kappa shape index (κ1) is 18.2. The van der Waals surface area contributed by atoms with Crippen molar-refractivity contribution in [3.63, 3.8) is 0 Å². The van der Waals surface area contributed by atoms with Gasteiger partial charge in [-0.2, -0.15) is 11.3 Å². The molecule has 3 rings (SSSR count). The average molecular weight is 388 g/mol. The third kappa shape index (κ3) is 4.53. The summed E-state index contributed by atoms with van der Waals surface area (Å²) in [4.78, 5) is 0. The number of hydroxylamine groups is 1. The molecule has 1 unspecified atom stereocenters. The van der Waals surface area contributed by atoms with Crippen molar-refractivity contribution in [1.29, 1.82) is 0 Å². The Bertz CT molecular complexity index is 802. The van der Waals surface area contributed by atoms with Crippen LogP contribution < -0.4 is 5.06 Å². The summed E-state index contributed by atoms with van der Waals surface area (Å²) in [7, 11) is -1.84. The number of benzene rings is 2. The number of thiophene rings is 1. The summed E-state index contributed by atoms with van der Waals surface area (Å²) < 4.78 is 6.54. The topological polar surface area (TPSA) is 12.5 Å². The van der Waals surface area contributed by atoms with Crippen LogP contribution >= 0.6 is 22.9 Å². The molecule has 0 fully saturated rings. The van der Waals surface area contributed by atoms with Gasteiger partial charge in [-0.25, -0.2) is 0 Å². The molecule has 0 amide bonds. The second-order valence-corrected chi connectivity index (χ2v) is 12.4. The molecule has 3 aromatic rings. The summed E-state index contributed by atoms with van der Waals surface area (Å²) >= 11 is 8.26. The van der Waals surface area contributed by atoms with Crippen molar-refractivity contribution in [3.8, 4) is 0 Å². The van der Waals surface area contributed by atoms with E-state index in [1.54, 1.807) is 11.3 Å². The molecule has 0 aliphatic rings. The lowest BCUT2D eigenvalue weighted by atomic mass is 10.0. The average Bonchev–Trinajstić information content (AvgIpc) is 3.10. The maximum Gasteiger partial charge on any atom is 0.220 e. The van der Waals surface area contributed by atoms with E-state index in [4.69, 9.17) is 16.1 Å². The number of anilines is 1. The highest BCUT2D eigenvalue weighted by Crippen LogP contribution is 2.38. The number of rotatable bonds is 6. The molecule has 0 spiro atoms. The predicted molar refractivity (Wildman–Crippen MR) is 111 cm³/mol. The first-order valence-electron chi connectivity index (χ1n) is 8.25. The van der Waals surface area contributed by atoms with Crippen molar-refractivity contribution < 1.29 is 4.53 Å². The van der Waals surface area contributed by atoms with Crippen molar-refractivity contribution in [2.24, 2.45) is 0 Å². The first-order valence-corrected chi connectivity index (χ1v) is 13.0. The third-order valence-electron chi connectivity index (χ3n) is 3.68. The Balaban J connectivity index is 2.15. The normalized spacial score (nSPS) is 12.8. The van der Waals surface area contributed by atoms with Gasteiger partial charge in [-0.1, -0.05) is 48.0 Å². The molecule has 1 atom stereocenters. The molecular formula is C20H22ClNOSSi. The fourth-order valence-corrected chi connectivity index (χ4v) is 4.41. The van der Waals surface area contributed by atoms with Crippen molar-refractivity contribution >= 4 is 36.9 Å². The van der Waals surface area contributed by atoms with Crippen LogP contribution in [0.15, 0.2) is 71.4 Å². The Labute approximate surface area is 159 Å². The van der Waals surface area contributed by atoms with E-state index in [0.717, 1.165) is 16.3 Å². The summed E-state index contributed by atoms with van der Waals surface area (Å²) in [6.07, 6.45) is 0. The maximum atomic E-state index is 6.57. The second-order valence-electron chi connectivity index (χ2n) is 6.85. The summed E-state index contributed by atoms with van der Waals surface area (Å²) in [5.74, 6) is 0. The van der Waals surface area contributed by atoms with Gasteiger partial charge >= 0.3 is 0 Å². The van der Waals surface area contributed by atoms with Crippen molar-refractivity contribution in [1.82, 2.24) is 0 Å². The van der Waals surface area contributed by atoms with Crippen LogP contribution in [0.4, 0.5) is 5.69 Å². The number of halogens is 1. The molecule has 0 aliphatic carbocycles. The van der Waals surface area contributed by atoms with Gasteiger partial charge in [-0.05, 0) is 60.2 Å². The fourth-order valence-electron chi connectivity index (χ4n) is 2.69. The molecule has 0 aliphatic heterocycles. The second kappa shape index (κ2) is 7.75. The lowest BCUT2D eigenvalue weighted by Crippen LogP contribution is -2.40. The van der Waals surface area contributed by atoms with Gasteiger partial charge < -0.3 is 4.53 Å². The van der Waals surface area contributed by atoms with E-state index in [0.29, 0.717) is 0 Å². The van der Waals surface area contributed by atoms with Gasteiger partial charge in [0, 0.05) is 10.6 Å². The lowest BCUT2D eigenvalue weighted by Gasteiger charge is -2.37. The van der Waals surface area contributed by atoms with Crippen LogP contribution in [0.2, 0.25) is 24.7 Å². The van der Waals surface area contributed by atoms with Gasteiger partial charge in [0.25, 0.3) is 0 Å². The molecule has 0 bridgehead atoms. The first-order chi connectivity index (χ1) is 12.0. The molecule has 130 valence electrons. The molecule has 25 heavy (non-hydrogen) atoms. The molecule has 1 aromatic heterocycles. The van der Waals surface area contributed by atoms with Crippen LogP contribution in [-0.2, 0) is 4.53 Å². The van der Waals surface area contributed by atoms with Crippen LogP contribution in [0.5, 0.6) is 0 Å². The van der Waals surface area contributed by atoms with E-state index in [9.17, 15) is 0 Å². The molecule has 5 heteroatoms. The number of para-hydroxylation sites is 1. The fraction of sp³-hybridized carbons (Fsp3) is 0.200. The highest BCUT2D eigenvalue weighted by molar-refractivity contribution is 7.08.